The van der Waals surface area contributed by atoms with Crippen molar-refractivity contribution >= 4 is 67.8 Å². The van der Waals surface area contributed by atoms with Gasteiger partial charge in [0.15, 0.2) is -0.565 Å². The second-order valence-corrected chi connectivity index (χ2v) is 13.9. The van der Waals surface area contributed by atoms with E-state index in [9.17, 15) is 0 Å². The van der Waals surface area contributed by atoms with Gasteiger partial charge in [0.1, 0.15) is 0 Å². The topological polar surface area (TPSA) is 18.5 Å². The molecule has 1 aromatic rings. The zero-order valence-electron chi connectivity index (χ0n) is 8.34. The van der Waals surface area contributed by atoms with E-state index < -0.39 is 5.79 Å². The van der Waals surface area contributed by atoms with Crippen LogP contribution in [0.25, 0.3) is 0 Å². The Hall–Kier alpha value is 1.33. The molecule has 1 aromatic carbocycles. The molecular formula is C10H11I3O2. The van der Waals surface area contributed by atoms with Crippen LogP contribution in [-0.4, -0.2) is 13.7 Å². The molecular weight excluding hydrogens is 533 g/mol. The van der Waals surface area contributed by atoms with Gasteiger partial charge < -0.3 is 9.47 Å². The van der Waals surface area contributed by atoms with Gasteiger partial charge in [-0.2, -0.15) is 0 Å². The van der Waals surface area contributed by atoms with Crippen LogP contribution in [-0.2, 0) is 15.3 Å². The zero-order valence-corrected chi connectivity index (χ0v) is 14.8. The fourth-order valence-corrected chi connectivity index (χ4v) is 3.63. The van der Waals surface area contributed by atoms with Gasteiger partial charge in [-0.3, -0.25) is 0 Å². The number of hydrogen-bond donors (Lipinski definition) is 0. The quantitative estimate of drug-likeness (QED) is 0.324. The van der Waals surface area contributed by atoms with E-state index in [4.69, 9.17) is 9.47 Å². The van der Waals surface area contributed by atoms with Crippen LogP contribution < -0.4 is 0 Å². The molecule has 84 valence electrons. The van der Waals surface area contributed by atoms with Gasteiger partial charge in [0.25, 0.3) is 0 Å². The van der Waals surface area contributed by atoms with Crippen LogP contribution in [0.3, 0.4) is 0 Å². The van der Waals surface area contributed by atoms with Crippen molar-refractivity contribution in [3.8, 4) is 0 Å². The summed E-state index contributed by atoms with van der Waals surface area (Å²) < 4.78 is 11.0. The number of alkyl halides is 3. The summed E-state index contributed by atoms with van der Waals surface area (Å²) in [6.45, 7) is 0. The lowest BCUT2D eigenvalue weighted by Crippen LogP contribution is -2.42. The molecule has 0 saturated carbocycles. The van der Waals surface area contributed by atoms with Crippen molar-refractivity contribution in [1.29, 1.82) is 0 Å². The van der Waals surface area contributed by atoms with Crippen LogP contribution in [0.15, 0.2) is 30.3 Å². The Bertz CT molecular complexity index is 304. The minimum absolute atomic E-state index is 0.217. The van der Waals surface area contributed by atoms with Crippen molar-refractivity contribution in [2.75, 3.05) is 14.2 Å². The maximum atomic E-state index is 5.59. The number of rotatable bonds is 4. The van der Waals surface area contributed by atoms with Crippen LogP contribution in [0.2, 0.25) is 0 Å². The predicted molar refractivity (Wildman–Crippen MR) is 86.9 cm³/mol. The third kappa shape index (κ3) is 2.96. The molecule has 5 heteroatoms. The van der Waals surface area contributed by atoms with Crippen molar-refractivity contribution in [3.05, 3.63) is 35.9 Å². The zero-order chi connectivity index (χ0) is 11.5. The third-order valence-electron chi connectivity index (χ3n) is 2.10. The van der Waals surface area contributed by atoms with E-state index in [0.717, 1.165) is 5.56 Å². The second-order valence-electron chi connectivity index (χ2n) is 2.89. The molecule has 0 amide bonds. The first-order valence-electron chi connectivity index (χ1n) is 4.20. The van der Waals surface area contributed by atoms with Gasteiger partial charge in [0, 0.05) is 19.8 Å². The summed E-state index contributed by atoms with van der Waals surface area (Å²) in [7, 11) is 3.34. The molecule has 0 spiro atoms. The Labute approximate surface area is 131 Å². The summed E-state index contributed by atoms with van der Waals surface area (Å²) in [6, 6.07) is 9.97. The van der Waals surface area contributed by atoms with Crippen molar-refractivity contribution < 1.29 is 9.47 Å². The highest BCUT2D eigenvalue weighted by atomic mass is 127. The number of ether oxygens (including phenoxy) is 2. The van der Waals surface area contributed by atoms with Crippen LogP contribution in [0.4, 0.5) is 0 Å². The first kappa shape index (κ1) is 14.4. The summed E-state index contributed by atoms with van der Waals surface area (Å²) >= 11 is 6.95. The van der Waals surface area contributed by atoms with Gasteiger partial charge in [-0.15, -0.1) is 0 Å². The van der Waals surface area contributed by atoms with Crippen LogP contribution in [0.1, 0.15) is 5.56 Å². The fourth-order valence-electron chi connectivity index (χ4n) is 1.37. The van der Waals surface area contributed by atoms with Gasteiger partial charge in [0.2, 0.25) is 5.79 Å². The summed E-state index contributed by atoms with van der Waals surface area (Å²) in [5.41, 5.74) is 1.02. The van der Waals surface area contributed by atoms with Crippen molar-refractivity contribution in [1.82, 2.24) is 0 Å². The molecule has 0 saturated heterocycles. The van der Waals surface area contributed by atoms with Crippen LogP contribution >= 0.6 is 67.8 Å². The van der Waals surface area contributed by atoms with E-state index in [1.165, 1.54) is 0 Å². The van der Waals surface area contributed by atoms with E-state index in [-0.39, 0.29) is -0.565 Å². The largest absolute Gasteiger partial charge is 0.347 e. The van der Waals surface area contributed by atoms with Crippen LogP contribution in [0, 0.1) is 0 Å². The lowest BCUT2D eigenvalue weighted by Gasteiger charge is -2.38. The summed E-state index contributed by atoms with van der Waals surface area (Å²) in [4.78, 5) is 0. The van der Waals surface area contributed by atoms with E-state index in [1.54, 1.807) is 14.2 Å². The highest BCUT2D eigenvalue weighted by Crippen LogP contribution is 2.52. The van der Waals surface area contributed by atoms with Crippen molar-refractivity contribution in [3.63, 3.8) is 0 Å². The lowest BCUT2D eigenvalue weighted by molar-refractivity contribution is -0.201. The minimum Gasteiger partial charge on any atom is -0.347 e. The lowest BCUT2D eigenvalue weighted by atomic mass is 10.1. The number of halogens is 3. The molecule has 0 atom stereocenters. The Balaban J connectivity index is 3.24. The van der Waals surface area contributed by atoms with Crippen LogP contribution in [0.5, 0.6) is 0 Å². The normalized spacial score (nSPS) is 12.9. The SMILES string of the molecule is COC(OC)(c1ccccc1)C(I)(I)I. The molecule has 0 bridgehead atoms. The Kier molecular flexibility index (Phi) is 5.55. The Morgan fingerprint density at radius 1 is 0.933 bits per heavy atom. The highest BCUT2D eigenvalue weighted by Gasteiger charge is 2.49. The standard InChI is InChI=1S/C10H11I3O2/c1-14-9(15-2,10(11,12)13)8-6-4-3-5-7-8/h3-7H,1-2H3. The molecule has 2 nitrogen and oxygen atoms in total. The molecule has 1 rings (SSSR count). The van der Waals surface area contributed by atoms with E-state index >= 15 is 0 Å². The van der Waals surface area contributed by atoms with Crippen molar-refractivity contribution in [2.24, 2.45) is 0 Å². The van der Waals surface area contributed by atoms with E-state index in [1.807, 2.05) is 30.3 Å². The smallest absolute Gasteiger partial charge is 0.228 e. The monoisotopic (exact) mass is 544 g/mol. The summed E-state index contributed by atoms with van der Waals surface area (Å²) in [5.74, 6) is -0.726. The first-order chi connectivity index (χ1) is 6.98. The third-order valence-corrected chi connectivity index (χ3v) is 4.23. The summed E-state index contributed by atoms with van der Waals surface area (Å²) in [5, 5.41) is 0. The maximum absolute atomic E-state index is 5.59. The average molecular weight is 544 g/mol. The van der Waals surface area contributed by atoms with Gasteiger partial charge in [0.05, 0.1) is 0 Å². The molecule has 0 aromatic heterocycles. The van der Waals surface area contributed by atoms with Gasteiger partial charge >= 0.3 is 0 Å². The van der Waals surface area contributed by atoms with Gasteiger partial charge in [-0.05, 0) is 67.8 Å². The van der Waals surface area contributed by atoms with E-state index in [2.05, 4.69) is 67.8 Å². The van der Waals surface area contributed by atoms with Crippen molar-refractivity contribution in [2.45, 2.75) is 5.22 Å². The molecule has 15 heavy (non-hydrogen) atoms. The minimum atomic E-state index is -0.726. The molecule has 0 radical (unpaired) electrons. The first-order valence-corrected chi connectivity index (χ1v) is 7.44. The predicted octanol–water partition coefficient (Wildman–Crippen LogP) is 4.09. The Morgan fingerprint density at radius 3 is 1.73 bits per heavy atom. The number of benzene rings is 1. The number of methoxy groups -OCH3 is 2. The summed E-state index contributed by atoms with van der Waals surface area (Å²) in [6.07, 6.45) is 0. The number of hydrogen-bond acceptors (Lipinski definition) is 2. The molecule has 0 aliphatic rings. The molecule has 0 aliphatic heterocycles. The van der Waals surface area contributed by atoms with Gasteiger partial charge in [-0.1, -0.05) is 30.3 Å². The molecule has 0 N–H and O–H groups in total. The van der Waals surface area contributed by atoms with Gasteiger partial charge in [-0.25, -0.2) is 0 Å². The van der Waals surface area contributed by atoms with E-state index in [0.29, 0.717) is 0 Å². The Morgan fingerprint density at radius 2 is 1.40 bits per heavy atom. The molecule has 0 fully saturated rings. The molecule has 0 aliphatic carbocycles. The maximum Gasteiger partial charge on any atom is 0.228 e. The highest BCUT2D eigenvalue weighted by molar-refractivity contribution is 14.3. The fraction of sp³-hybridized carbons (Fsp3) is 0.400. The molecule has 0 unspecified atom stereocenters. The second kappa shape index (κ2) is 5.78. The molecule has 0 heterocycles. The average Bonchev–Trinajstić information content (AvgIpc) is 2.20.